The van der Waals surface area contributed by atoms with Crippen molar-refractivity contribution in [3.05, 3.63) is 89.1 Å². The maximum absolute atomic E-state index is 13.0. The zero-order chi connectivity index (χ0) is 44.9. The van der Waals surface area contributed by atoms with Crippen LogP contribution in [0.4, 0.5) is 16.2 Å². The Bertz CT molecular complexity index is 2690. The fourth-order valence-electron chi connectivity index (χ4n) is 9.72. The van der Waals surface area contributed by atoms with Crippen molar-refractivity contribution in [1.82, 2.24) is 50.4 Å². The molecule has 0 radical (unpaired) electrons. The summed E-state index contributed by atoms with van der Waals surface area (Å²) in [6.07, 6.45) is 6.35. The summed E-state index contributed by atoms with van der Waals surface area (Å²) in [6, 6.07) is 16.2. The Kier molecular flexibility index (Phi) is 11.6. The summed E-state index contributed by atoms with van der Waals surface area (Å²) in [7, 11) is 0. The molecule has 0 unspecified atom stereocenters. The Morgan fingerprint density at radius 1 is 0.922 bits per heavy atom. The summed E-state index contributed by atoms with van der Waals surface area (Å²) < 4.78 is 7.59. The lowest BCUT2D eigenvalue weighted by molar-refractivity contribution is -0.120. The standard InChI is InChI=1S/C48H58N12O4/c1-28-24-33(8-13-37(28)29(2)51-45(62)44-54-46(64-56-44)48(5,6)7)42-38-25-39(52-43(38)50-27-49-42)41-30(3)55-60(31(41)4)36-16-19-57(20-17-36)26-32-14-21-58(22-15-32)34-9-11-35(12-10-34)59-23-18-40(61)53-47(59)63/h8-13,24-25,27,29,32,36H,14-23,26H2,1-7H3,(H,51,62)(H,49,50,52)(H,53,61,63)/t29-/m1/s1. The van der Waals surface area contributed by atoms with Gasteiger partial charge in [-0.2, -0.15) is 10.1 Å². The Morgan fingerprint density at radius 2 is 1.66 bits per heavy atom. The van der Waals surface area contributed by atoms with Crippen LogP contribution in [0, 0.1) is 26.7 Å². The maximum atomic E-state index is 13.0. The molecule has 64 heavy (non-hydrogen) atoms. The van der Waals surface area contributed by atoms with Gasteiger partial charge in [0.25, 0.3) is 11.7 Å². The predicted octanol–water partition coefficient (Wildman–Crippen LogP) is 7.58. The number of nitrogens with one attached hydrogen (secondary N) is 3. The number of aryl methyl sites for hydroxylation is 2. The van der Waals surface area contributed by atoms with Crippen molar-refractivity contribution in [3.8, 4) is 22.5 Å². The zero-order valence-corrected chi connectivity index (χ0v) is 37.9. The number of hydrogen-bond donors (Lipinski definition) is 3. The number of aromatic amines is 1. The number of rotatable bonds is 10. The van der Waals surface area contributed by atoms with Gasteiger partial charge in [0, 0.05) is 84.7 Å². The molecule has 0 spiro atoms. The number of urea groups is 1. The number of fused-ring (bicyclic) bond motifs is 1. The van der Waals surface area contributed by atoms with Gasteiger partial charge >= 0.3 is 6.03 Å². The zero-order valence-electron chi connectivity index (χ0n) is 37.9. The molecule has 3 aliphatic heterocycles. The summed E-state index contributed by atoms with van der Waals surface area (Å²) in [5.41, 5.74) is 10.4. The lowest BCUT2D eigenvalue weighted by Crippen LogP contribution is -2.49. The number of piperidine rings is 2. The largest absolute Gasteiger partial charge is 0.372 e. The minimum absolute atomic E-state index is 0.0219. The molecular weight excluding hydrogens is 809 g/mol. The first-order chi connectivity index (χ1) is 30.7. The van der Waals surface area contributed by atoms with Crippen LogP contribution in [0.2, 0.25) is 0 Å². The second kappa shape index (κ2) is 17.3. The molecular formula is C48H58N12O4. The van der Waals surface area contributed by atoms with Crippen molar-refractivity contribution in [2.24, 2.45) is 5.92 Å². The van der Waals surface area contributed by atoms with Gasteiger partial charge in [-0.1, -0.05) is 38.1 Å². The first kappa shape index (κ1) is 42.9. The number of H-pyrrole nitrogens is 1. The van der Waals surface area contributed by atoms with E-state index in [-0.39, 0.29) is 35.1 Å². The van der Waals surface area contributed by atoms with Crippen molar-refractivity contribution < 1.29 is 18.9 Å². The molecule has 3 N–H and O–H groups in total. The van der Waals surface area contributed by atoms with Crippen LogP contribution in [0.15, 0.2) is 59.4 Å². The lowest BCUT2D eigenvalue weighted by atomic mass is 9.94. The van der Waals surface area contributed by atoms with E-state index in [0.29, 0.717) is 30.8 Å². The normalized spacial score (nSPS) is 17.6. The van der Waals surface area contributed by atoms with Gasteiger partial charge in [-0.3, -0.25) is 24.5 Å². The lowest BCUT2D eigenvalue weighted by Gasteiger charge is -2.38. The summed E-state index contributed by atoms with van der Waals surface area (Å²) in [5.74, 6) is 0.504. The van der Waals surface area contributed by atoms with Gasteiger partial charge in [-0.15, -0.1) is 0 Å². The van der Waals surface area contributed by atoms with E-state index in [1.807, 2.05) is 58.9 Å². The average Bonchev–Trinajstić information content (AvgIpc) is 4.02. The van der Waals surface area contributed by atoms with Crippen LogP contribution in [0.3, 0.4) is 0 Å². The molecule has 0 saturated carbocycles. The molecule has 16 heteroatoms. The Labute approximate surface area is 373 Å². The van der Waals surface area contributed by atoms with Crippen LogP contribution in [-0.2, 0) is 10.2 Å². The number of hydrogen-bond acceptors (Lipinski definition) is 11. The molecule has 2 aromatic carbocycles. The third-order valence-electron chi connectivity index (χ3n) is 13.3. The van der Waals surface area contributed by atoms with Gasteiger partial charge in [0.1, 0.15) is 12.0 Å². The summed E-state index contributed by atoms with van der Waals surface area (Å²) >= 11 is 0. The van der Waals surface area contributed by atoms with Crippen molar-refractivity contribution in [2.75, 3.05) is 49.1 Å². The van der Waals surface area contributed by atoms with Crippen molar-refractivity contribution >= 4 is 40.3 Å². The molecule has 9 rings (SSSR count). The first-order valence-corrected chi connectivity index (χ1v) is 22.5. The highest BCUT2D eigenvalue weighted by molar-refractivity contribution is 6.05. The quantitative estimate of drug-likeness (QED) is 0.123. The fraction of sp³-hybridized carbons (Fsp3) is 0.458. The molecule has 0 aliphatic carbocycles. The van der Waals surface area contributed by atoms with Crippen molar-refractivity contribution in [3.63, 3.8) is 0 Å². The third kappa shape index (κ3) is 8.62. The maximum Gasteiger partial charge on any atom is 0.328 e. The van der Waals surface area contributed by atoms with E-state index in [2.05, 4.69) is 83.3 Å². The molecule has 6 aromatic rings. The molecule has 4 amide bonds. The van der Waals surface area contributed by atoms with E-state index in [4.69, 9.17) is 14.6 Å². The minimum Gasteiger partial charge on any atom is -0.372 e. The monoisotopic (exact) mass is 866 g/mol. The van der Waals surface area contributed by atoms with Crippen LogP contribution in [-0.4, -0.2) is 96.9 Å². The van der Waals surface area contributed by atoms with Gasteiger partial charge in [-0.25, -0.2) is 14.8 Å². The highest BCUT2D eigenvalue weighted by Gasteiger charge is 2.30. The van der Waals surface area contributed by atoms with Crippen LogP contribution in [0.5, 0.6) is 0 Å². The number of amides is 4. The summed E-state index contributed by atoms with van der Waals surface area (Å²) in [5, 5.41) is 15.4. The van der Waals surface area contributed by atoms with E-state index >= 15 is 0 Å². The number of carbonyl (C=O) groups excluding carboxylic acids is 3. The van der Waals surface area contributed by atoms with Gasteiger partial charge in [0.2, 0.25) is 11.8 Å². The van der Waals surface area contributed by atoms with E-state index in [1.54, 1.807) is 11.2 Å². The Morgan fingerprint density at radius 3 is 2.34 bits per heavy atom. The van der Waals surface area contributed by atoms with Crippen LogP contribution >= 0.6 is 0 Å². The summed E-state index contributed by atoms with van der Waals surface area (Å²) in [6.45, 7) is 19.8. The number of imide groups is 1. The van der Waals surface area contributed by atoms with Gasteiger partial charge in [0.05, 0.1) is 29.2 Å². The molecule has 334 valence electrons. The van der Waals surface area contributed by atoms with Gasteiger partial charge < -0.3 is 24.6 Å². The van der Waals surface area contributed by atoms with E-state index in [9.17, 15) is 14.4 Å². The molecule has 0 bridgehead atoms. The molecule has 1 atom stereocenters. The smallest absolute Gasteiger partial charge is 0.328 e. The fourth-order valence-corrected chi connectivity index (χ4v) is 9.72. The third-order valence-corrected chi connectivity index (χ3v) is 13.3. The van der Waals surface area contributed by atoms with E-state index in [0.717, 1.165) is 120 Å². The number of anilines is 2. The molecule has 7 heterocycles. The molecule has 3 saturated heterocycles. The number of benzene rings is 2. The second-order valence-corrected chi connectivity index (χ2v) is 18.8. The van der Waals surface area contributed by atoms with Gasteiger partial charge in [-0.05, 0) is 107 Å². The highest BCUT2D eigenvalue weighted by Crippen LogP contribution is 2.36. The molecule has 16 nitrogen and oxygen atoms in total. The molecule has 4 aromatic heterocycles. The summed E-state index contributed by atoms with van der Waals surface area (Å²) in [4.78, 5) is 60.8. The molecule has 3 aliphatic rings. The van der Waals surface area contributed by atoms with Crippen LogP contribution < -0.4 is 20.4 Å². The van der Waals surface area contributed by atoms with Gasteiger partial charge in [0.15, 0.2) is 0 Å². The number of nitrogens with zero attached hydrogens (tertiary/aromatic N) is 9. The van der Waals surface area contributed by atoms with Crippen LogP contribution in [0.25, 0.3) is 33.5 Å². The highest BCUT2D eigenvalue weighted by atomic mass is 16.5. The predicted molar refractivity (Wildman–Crippen MR) is 245 cm³/mol. The SMILES string of the molecule is Cc1cc(-c2ncnc3[nH]c(-c4c(C)nn(C5CCN(CC6CCN(c7ccc(N8CCC(=O)NC8=O)cc7)CC6)CC5)c4C)cc23)ccc1[C@@H](C)NC(=O)c1noc(C(C)(C)C)n1. The number of aromatic nitrogens is 7. The Hall–Kier alpha value is -6.42. The Balaban J connectivity index is 0.806. The van der Waals surface area contributed by atoms with E-state index in [1.165, 1.54) is 5.69 Å². The van der Waals surface area contributed by atoms with Crippen LogP contribution in [0.1, 0.15) is 111 Å². The van der Waals surface area contributed by atoms with Crippen molar-refractivity contribution in [2.45, 2.75) is 98.1 Å². The molecule has 3 fully saturated rings. The average molecular weight is 867 g/mol. The van der Waals surface area contributed by atoms with Crippen molar-refractivity contribution in [1.29, 1.82) is 0 Å². The second-order valence-electron chi connectivity index (χ2n) is 18.8. The minimum atomic E-state index is -0.384. The number of likely N-dealkylation sites (tertiary alicyclic amines) is 1. The first-order valence-electron chi connectivity index (χ1n) is 22.5. The van der Waals surface area contributed by atoms with E-state index < -0.39 is 0 Å². The number of carbonyl (C=O) groups is 3. The topological polar surface area (TPSA) is 183 Å².